The second kappa shape index (κ2) is 5.37. The maximum absolute atomic E-state index is 5.12. The molecule has 0 aliphatic heterocycles. The van der Waals surface area contributed by atoms with Crippen LogP contribution in [-0.2, 0) is 12.8 Å². The van der Waals surface area contributed by atoms with Crippen molar-refractivity contribution in [2.45, 2.75) is 12.8 Å². The second-order valence-corrected chi connectivity index (χ2v) is 3.50. The Bertz CT molecular complexity index is 427. The lowest BCUT2D eigenvalue weighted by Crippen LogP contribution is -2.10. The van der Waals surface area contributed by atoms with Crippen LogP contribution in [0.4, 0.5) is 0 Å². The lowest BCUT2D eigenvalue weighted by molar-refractivity contribution is 0.372. The van der Waals surface area contributed by atoms with Crippen LogP contribution < -0.4 is 5.32 Å². The fourth-order valence-corrected chi connectivity index (χ4v) is 1.38. The topological polar surface area (TPSA) is 63.8 Å². The predicted octanol–water partition coefficient (Wildman–Crippen LogP) is 0.817. The van der Waals surface area contributed by atoms with Crippen molar-refractivity contribution in [2.75, 3.05) is 13.6 Å². The van der Waals surface area contributed by atoms with Crippen LogP contribution in [0.2, 0.25) is 0 Å². The molecule has 5 nitrogen and oxygen atoms in total. The Labute approximate surface area is 93.9 Å². The maximum Gasteiger partial charge on any atom is 0.227 e. The van der Waals surface area contributed by atoms with Gasteiger partial charge in [-0.15, -0.1) is 0 Å². The molecule has 0 saturated carbocycles. The van der Waals surface area contributed by atoms with Crippen LogP contribution in [0.15, 0.2) is 29.0 Å². The molecule has 16 heavy (non-hydrogen) atoms. The van der Waals surface area contributed by atoms with E-state index in [1.807, 2.05) is 25.4 Å². The Morgan fingerprint density at radius 2 is 2.38 bits per heavy atom. The SMILES string of the molecule is CNCCc1nc(Cc2cccnc2)no1. The number of pyridine rings is 1. The lowest BCUT2D eigenvalue weighted by atomic mass is 10.2. The molecule has 0 bridgehead atoms. The highest BCUT2D eigenvalue weighted by Crippen LogP contribution is 2.05. The van der Waals surface area contributed by atoms with E-state index in [-0.39, 0.29) is 0 Å². The Hall–Kier alpha value is -1.75. The summed E-state index contributed by atoms with van der Waals surface area (Å²) >= 11 is 0. The number of likely N-dealkylation sites (N-methyl/N-ethyl adjacent to an activating group) is 1. The highest BCUT2D eigenvalue weighted by Gasteiger charge is 2.06. The summed E-state index contributed by atoms with van der Waals surface area (Å²) in [7, 11) is 1.90. The third-order valence-electron chi connectivity index (χ3n) is 2.18. The minimum atomic E-state index is 0.664. The average Bonchev–Trinajstić information content (AvgIpc) is 2.75. The molecule has 2 heterocycles. The van der Waals surface area contributed by atoms with E-state index >= 15 is 0 Å². The van der Waals surface area contributed by atoms with Crippen molar-refractivity contribution in [1.29, 1.82) is 0 Å². The van der Waals surface area contributed by atoms with Gasteiger partial charge in [0.25, 0.3) is 0 Å². The van der Waals surface area contributed by atoms with Gasteiger partial charge in [-0.2, -0.15) is 4.98 Å². The summed E-state index contributed by atoms with van der Waals surface area (Å²) < 4.78 is 5.12. The van der Waals surface area contributed by atoms with Gasteiger partial charge in [-0.1, -0.05) is 11.2 Å². The lowest BCUT2D eigenvalue weighted by Gasteiger charge is -1.93. The van der Waals surface area contributed by atoms with Gasteiger partial charge < -0.3 is 9.84 Å². The molecule has 1 N–H and O–H groups in total. The van der Waals surface area contributed by atoms with Crippen LogP contribution in [0.3, 0.4) is 0 Å². The number of rotatable bonds is 5. The molecule has 84 valence electrons. The van der Waals surface area contributed by atoms with Gasteiger partial charge in [0.15, 0.2) is 5.82 Å². The van der Waals surface area contributed by atoms with Gasteiger partial charge in [-0.05, 0) is 18.7 Å². The first kappa shape index (κ1) is 10.8. The molecule has 2 rings (SSSR count). The smallest absolute Gasteiger partial charge is 0.227 e. The molecule has 0 aliphatic carbocycles. The Morgan fingerprint density at radius 3 is 3.12 bits per heavy atom. The summed E-state index contributed by atoms with van der Waals surface area (Å²) in [6, 6.07) is 3.90. The third-order valence-corrected chi connectivity index (χ3v) is 2.18. The number of nitrogens with zero attached hydrogens (tertiary/aromatic N) is 3. The Morgan fingerprint density at radius 1 is 1.44 bits per heavy atom. The average molecular weight is 218 g/mol. The van der Waals surface area contributed by atoms with Crippen LogP contribution in [-0.4, -0.2) is 28.7 Å². The normalized spacial score (nSPS) is 10.6. The summed E-state index contributed by atoms with van der Waals surface area (Å²) in [4.78, 5) is 8.34. The first-order chi connectivity index (χ1) is 7.88. The van der Waals surface area contributed by atoms with E-state index in [0.717, 1.165) is 18.5 Å². The van der Waals surface area contributed by atoms with E-state index in [4.69, 9.17) is 4.52 Å². The molecule has 2 aromatic rings. The highest BCUT2D eigenvalue weighted by molar-refractivity contribution is 5.13. The fourth-order valence-electron chi connectivity index (χ4n) is 1.38. The Kier molecular flexibility index (Phi) is 3.61. The van der Waals surface area contributed by atoms with Crippen molar-refractivity contribution in [2.24, 2.45) is 0 Å². The van der Waals surface area contributed by atoms with Crippen molar-refractivity contribution in [3.05, 3.63) is 41.8 Å². The molecule has 5 heteroatoms. The molecule has 0 unspecified atom stereocenters. The Balaban J connectivity index is 1.97. The number of nitrogens with one attached hydrogen (secondary N) is 1. The summed E-state index contributed by atoms with van der Waals surface area (Å²) in [6.07, 6.45) is 4.98. The van der Waals surface area contributed by atoms with Gasteiger partial charge in [-0.25, -0.2) is 0 Å². The van der Waals surface area contributed by atoms with Crippen LogP contribution >= 0.6 is 0 Å². The van der Waals surface area contributed by atoms with Gasteiger partial charge >= 0.3 is 0 Å². The molecule has 0 spiro atoms. The molecule has 2 aromatic heterocycles. The van der Waals surface area contributed by atoms with E-state index in [1.54, 1.807) is 6.20 Å². The summed E-state index contributed by atoms with van der Waals surface area (Å²) in [6.45, 7) is 0.842. The fraction of sp³-hybridized carbons (Fsp3) is 0.364. The van der Waals surface area contributed by atoms with Gasteiger partial charge in [0.05, 0.1) is 0 Å². The molecule has 0 aromatic carbocycles. The predicted molar refractivity (Wildman–Crippen MR) is 59.0 cm³/mol. The standard InChI is InChI=1S/C11H14N4O/c1-12-6-4-11-14-10(15-16-11)7-9-3-2-5-13-8-9/h2-3,5,8,12H,4,6-7H2,1H3. The van der Waals surface area contributed by atoms with Crippen molar-refractivity contribution < 1.29 is 4.52 Å². The summed E-state index contributed by atoms with van der Waals surface area (Å²) in [5, 5.41) is 6.96. The quantitative estimate of drug-likeness (QED) is 0.804. The monoisotopic (exact) mass is 218 g/mol. The largest absolute Gasteiger partial charge is 0.339 e. The van der Waals surface area contributed by atoms with Crippen molar-refractivity contribution in [1.82, 2.24) is 20.4 Å². The molecular formula is C11H14N4O. The van der Waals surface area contributed by atoms with Gasteiger partial charge in [0, 0.05) is 31.8 Å². The molecule has 0 fully saturated rings. The maximum atomic E-state index is 5.12. The second-order valence-electron chi connectivity index (χ2n) is 3.50. The molecule has 0 radical (unpaired) electrons. The van der Waals surface area contributed by atoms with E-state index in [1.165, 1.54) is 0 Å². The van der Waals surface area contributed by atoms with Gasteiger partial charge in [0.1, 0.15) is 0 Å². The first-order valence-electron chi connectivity index (χ1n) is 5.23. The molecular weight excluding hydrogens is 204 g/mol. The zero-order valence-electron chi connectivity index (χ0n) is 9.18. The number of hydrogen-bond acceptors (Lipinski definition) is 5. The first-order valence-corrected chi connectivity index (χ1v) is 5.23. The zero-order chi connectivity index (χ0) is 11.2. The highest BCUT2D eigenvalue weighted by atomic mass is 16.5. The van der Waals surface area contributed by atoms with Crippen LogP contribution in [0.25, 0.3) is 0 Å². The molecule has 0 atom stereocenters. The van der Waals surface area contributed by atoms with Crippen molar-refractivity contribution in [3.8, 4) is 0 Å². The van der Waals surface area contributed by atoms with Crippen LogP contribution in [0.1, 0.15) is 17.3 Å². The van der Waals surface area contributed by atoms with E-state index in [0.29, 0.717) is 18.1 Å². The van der Waals surface area contributed by atoms with Crippen LogP contribution in [0, 0.1) is 0 Å². The zero-order valence-corrected chi connectivity index (χ0v) is 9.18. The summed E-state index contributed by atoms with van der Waals surface area (Å²) in [5.41, 5.74) is 1.09. The summed E-state index contributed by atoms with van der Waals surface area (Å²) in [5.74, 6) is 1.38. The molecule has 0 amide bonds. The van der Waals surface area contributed by atoms with Gasteiger partial charge in [-0.3, -0.25) is 4.98 Å². The number of hydrogen-bond donors (Lipinski definition) is 1. The molecule has 0 saturated heterocycles. The van der Waals surface area contributed by atoms with E-state index in [9.17, 15) is 0 Å². The van der Waals surface area contributed by atoms with Gasteiger partial charge in [0.2, 0.25) is 5.89 Å². The molecule has 0 aliphatic rings. The minimum absolute atomic E-state index is 0.664. The number of aromatic nitrogens is 3. The van der Waals surface area contributed by atoms with E-state index in [2.05, 4.69) is 20.4 Å². The third kappa shape index (κ3) is 2.87. The van der Waals surface area contributed by atoms with Crippen LogP contribution in [0.5, 0.6) is 0 Å². The van der Waals surface area contributed by atoms with Crippen molar-refractivity contribution >= 4 is 0 Å². The minimum Gasteiger partial charge on any atom is -0.339 e. The van der Waals surface area contributed by atoms with Crippen molar-refractivity contribution in [3.63, 3.8) is 0 Å². The van der Waals surface area contributed by atoms with E-state index < -0.39 is 0 Å².